The van der Waals surface area contributed by atoms with Crippen LogP contribution in [-0.2, 0) is 24.3 Å². The molecule has 2 rings (SSSR count). The number of esters is 2. The van der Waals surface area contributed by atoms with Crippen LogP contribution in [0.4, 0.5) is 16.4 Å². The monoisotopic (exact) mass is 535 g/mol. The lowest BCUT2D eigenvalue weighted by molar-refractivity contribution is -0.141. The van der Waals surface area contributed by atoms with E-state index in [1.165, 1.54) is 26.4 Å². The summed E-state index contributed by atoms with van der Waals surface area (Å²) in [5.74, 6) is -2.03. The summed E-state index contributed by atoms with van der Waals surface area (Å²) in [5, 5.41) is 17.9. The zero-order valence-corrected chi connectivity index (χ0v) is 20.6. The fourth-order valence-electron chi connectivity index (χ4n) is 2.48. The second-order valence-electron chi connectivity index (χ2n) is 6.54. The third kappa shape index (κ3) is 8.40. The van der Waals surface area contributed by atoms with Gasteiger partial charge in [0.05, 0.1) is 51.1 Å². The number of nitrogens with one attached hydrogen (secondary N) is 2. The number of aromatic nitrogens is 2. The van der Waals surface area contributed by atoms with E-state index in [9.17, 15) is 22.8 Å². The quantitative estimate of drug-likeness (QED) is 0.236. The SMILES string of the molecule is COC(=O)c1ccc(N=NCC(=O)OCCC#N)cc1S(=O)(=O)NC(=O)Nc1nc(OC)cc(OC)n1. The first-order valence-corrected chi connectivity index (χ1v) is 11.5. The summed E-state index contributed by atoms with van der Waals surface area (Å²) in [6, 6.07) is 5.14. The predicted octanol–water partition coefficient (Wildman–Crippen LogP) is 1.33. The number of sulfonamides is 1. The zero-order valence-electron chi connectivity index (χ0n) is 19.7. The molecule has 196 valence electrons. The Labute approximate surface area is 210 Å². The number of methoxy groups -OCH3 is 3. The summed E-state index contributed by atoms with van der Waals surface area (Å²) in [6.45, 7) is -0.612. The van der Waals surface area contributed by atoms with Crippen LogP contribution < -0.4 is 19.5 Å². The van der Waals surface area contributed by atoms with Crippen LogP contribution in [0.15, 0.2) is 39.4 Å². The van der Waals surface area contributed by atoms with Crippen molar-refractivity contribution in [1.82, 2.24) is 14.7 Å². The molecule has 2 aromatic rings. The molecule has 37 heavy (non-hydrogen) atoms. The summed E-state index contributed by atoms with van der Waals surface area (Å²) in [5.41, 5.74) is -0.476. The van der Waals surface area contributed by atoms with Crippen LogP contribution in [0, 0.1) is 11.3 Å². The molecule has 1 aromatic carbocycles. The second kappa shape index (κ2) is 13.3. The largest absolute Gasteiger partial charge is 0.481 e. The number of anilines is 1. The van der Waals surface area contributed by atoms with Crippen molar-refractivity contribution in [3.05, 3.63) is 29.8 Å². The average molecular weight is 535 g/mol. The number of azo groups is 1. The number of urea groups is 1. The van der Waals surface area contributed by atoms with Gasteiger partial charge in [-0.1, -0.05) is 0 Å². The van der Waals surface area contributed by atoms with Crippen LogP contribution in [0.1, 0.15) is 16.8 Å². The van der Waals surface area contributed by atoms with E-state index in [1.807, 2.05) is 0 Å². The Balaban J connectivity index is 2.26. The van der Waals surface area contributed by atoms with Crippen molar-refractivity contribution >= 4 is 39.6 Å². The van der Waals surface area contributed by atoms with Crippen molar-refractivity contribution in [2.45, 2.75) is 11.3 Å². The Morgan fingerprint density at radius 3 is 2.35 bits per heavy atom. The normalized spacial score (nSPS) is 10.8. The van der Waals surface area contributed by atoms with Gasteiger partial charge in [0.15, 0.2) is 6.54 Å². The number of hydrogen-bond acceptors (Lipinski definition) is 14. The molecule has 1 aromatic heterocycles. The third-order valence-electron chi connectivity index (χ3n) is 4.07. The number of carbonyl (C=O) groups excluding carboxylic acids is 3. The number of ether oxygens (including phenoxy) is 4. The molecule has 0 aliphatic heterocycles. The minimum Gasteiger partial charge on any atom is -0.481 e. The summed E-state index contributed by atoms with van der Waals surface area (Å²) in [7, 11) is -1.02. The summed E-state index contributed by atoms with van der Waals surface area (Å²) < 4.78 is 46.9. The van der Waals surface area contributed by atoms with Gasteiger partial charge in [0.25, 0.3) is 10.0 Å². The lowest BCUT2D eigenvalue weighted by Gasteiger charge is -2.12. The number of nitrogens with zero attached hydrogens (tertiary/aromatic N) is 5. The van der Waals surface area contributed by atoms with Crippen LogP contribution in [0.5, 0.6) is 11.8 Å². The summed E-state index contributed by atoms with van der Waals surface area (Å²) in [6.07, 6.45) is 0.0111. The average Bonchev–Trinajstić information content (AvgIpc) is 2.87. The van der Waals surface area contributed by atoms with E-state index in [1.54, 1.807) is 10.8 Å². The third-order valence-corrected chi connectivity index (χ3v) is 5.44. The number of amides is 2. The molecule has 0 bridgehead atoms. The maximum Gasteiger partial charge on any atom is 0.339 e. The number of carbonyl (C=O) groups is 3. The molecule has 2 amide bonds. The van der Waals surface area contributed by atoms with Gasteiger partial charge >= 0.3 is 18.0 Å². The first-order valence-electron chi connectivity index (χ1n) is 10.1. The molecule has 0 saturated heterocycles. The molecule has 0 atom stereocenters. The van der Waals surface area contributed by atoms with Crippen molar-refractivity contribution in [3.63, 3.8) is 0 Å². The van der Waals surface area contributed by atoms with Gasteiger partial charge in [0.2, 0.25) is 17.7 Å². The van der Waals surface area contributed by atoms with Gasteiger partial charge in [-0.15, -0.1) is 0 Å². The molecule has 0 spiro atoms. The predicted molar refractivity (Wildman–Crippen MR) is 123 cm³/mol. The van der Waals surface area contributed by atoms with Crippen LogP contribution in [0.25, 0.3) is 0 Å². The maximum atomic E-state index is 13.0. The number of nitriles is 1. The Bertz CT molecular complexity index is 1320. The lowest BCUT2D eigenvalue weighted by Crippen LogP contribution is -2.35. The fraction of sp³-hybridized carbons (Fsp3) is 0.300. The van der Waals surface area contributed by atoms with Crippen LogP contribution in [0.3, 0.4) is 0 Å². The van der Waals surface area contributed by atoms with Crippen LogP contribution >= 0.6 is 0 Å². The molecular formula is C20H21N7O9S. The van der Waals surface area contributed by atoms with Gasteiger partial charge in [-0.3, -0.25) is 5.32 Å². The van der Waals surface area contributed by atoms with Gasteiger partial charge in [-0.05, 0) is 18.2 Å². The van der Waals surface area contributed by atoms with Gasteiger partial charge in [0, 0.05) is 0 Å². The molecule has 16 nitrogen and oxygen atoms in total. The van der Waals surface area contributed by atoms with Crippen molar-refractivity contribution in [2.24, 2.45) is 10.2 Å². The summed E-state index contributed by atoms with van der Waals surface area (Å²) >= 11 is 0. The maximum absolute atomic E-state index is 13.0. The van der Waals surface area contributed by atoms with Crippen molar-refractivity contribution < 1.29 is 41.7 Å². The molecule has 0 unspecified atom stereocenters. The van der Waals surface area contributed by atoms with Crippen LogP contribution in [-0.4, -0.2) is 70.8 Å². The highest BCUT2D eigenvalue weighted by atomic mass is 32.2. The Morgan fingerprint density at radius 1 is 1.08 bits per heavy atom. The minimum absolute atomic E-state index is 0.0111. The smallest absolute Gasteiger partial charge is 0.339 e. The van der Waals surface area contributed by atoms with Gasteiger partial charge in [0.1, 0.15) is 11.5 Å². The highest BCUT2D eigenvalue weighted by molar-refractivity contribution is 7.90. The topological polar surface area (TPSA) is 221 Å². The highest BCUT2D eigenvalue weighted by Crippen LogP contribution is 2.24. The molecule has 0 saturated carbocycles. The first-order chi connectivity index (χ1) is 17.6. The second-order valence-corrected chi connectivity index (χ2v) is 8.19. The van der Waals surface area contributed by atoms with E-state index in [0.717, 1.165) is 19.2 Å². The molecule has 0 fully saturated rings. The zero-order chi connectivity index (χ0) is 27.4. The molecule has 2 N–H and O–H groups in total. The van der Waals surface area contributed by atoms with Crippen molar-refractivity contribution in [3.8, 4) is 17.8 Å². The van der Waals surface area contributed by atoms with Gasteiger partial charge in [-0.2, -0.15) is 25.5 Å². The molecule has 17 heteroatoms. The fourth-order valence-corrected chi connectivity index (χ4v) is 3.60. The molecule has 0 radical (unpaired) electrons. The Morgan fingerprint density at radius 2 is 1.76 bits per heavy atom. The van der Waals surface area contributed by atoms with E-state index in [-0.39, 0.29) is 36.4 Å². The first kappa shape index (κ1) is 28.4. The Kier molecular flexibility index (Phi) is 10.2. The molecular weight excluding hydrogens is 514 g/mol. The van der Waals surface area contributed by atoms with Crippen LogP contribution in [0.2, 0.25) is 0 Å². The number of benzene rings is 1. The Hall–Kier alpha value is -4.85. The van der Waals surface area contributed by atoms with E-state index in [4.69, 9.17) is 19.5 Å². The number of hydrogen-bond donors (Lipinski definition) is 2. The van der Waals surface area contributed by atoms with Crippen molar-refractivity contribution in [2.75, 3.05) is 39.8 Å². The van der Waals surface area contributed by atoms with E-state index >= 15 is 0 Å². The molecule has 0 aliphatic rings. The van der Waals surface area contributed by atoms with Gasteiger partial charge in [-0.25, -0.2) is 27.5 Å². The molecule has 1 heterocycles. The van der Waals surface area contributed by atoms with E-state index in [2.05, 4.69) is 30.3 Å². The van der Waals surface area contributed by atoms with Gasteiger partial charge < -0.3 is 18.9 Å². The molecule has 0 aliphatic carbocycles. The van der Waals surface area contributed by atoms with Crippen molar-refractivity contribution in [1.29, 1.82) is 5.26 Å². The van der Waals surface area contributed by atoms with E-state index in [0.29, 0.717) is 0 Å². The number of rotatable bonds is 11. The lowest BCUT2D eigenvalue weighted by atomic mass is 10.2. The minimum atomic E-state index is -4.68. The van der Waals surface area contributed by atoms with E-state index < -0.39 is 45.0 Å². The highest BCUT2D eigenvalue weighted by Gasteiger charge is 2.26. The summed E-state index contributed by atoms with van der Waals surface area (Å²) in [4.78, 5) is 43.1. The standard InChI is InChI=1S/C20H21N7O9S/c1-33-15-10-16(34-2)24-19(23-15)25-20(30)27-37(31,32)14-9-12(5-6-13(14)18(29)35-3)26-22-11-17(28)36-8-4-7-21/h5-6,9-10H,4,8,11H2,1-3H3,(H2,23,24,25,27,30).